The first-order valence-electron chi connectivity index (χ1n) is 11.3. The molecule has 0 unspecified atom stereocenters. The number of likely N-dealkylation sites (N-methyl/N-ethyl adjacent to an activating group) is 1. The van der Waals surface area contributed by atoms with Crippen molar-refractivity contribution < 1.29 is 14.2 Å². The Morgan fingerprint density at radius 2 is 1.54 bits per heavy atom. The Morgan fingerprint density at radius 3 is 2.34 bits per heavy atom. The summed E-state index contributed by atoms with van der Waals surface area (Å²) in [4.78, 5) is 7.14. The first-order valence-corrected chi connectivity index (χ1v) is 11.3. The average molecular weight is 470 g/mol. The summed E-state index contributed by atoms with van der Waals surface area (Å²) in [5.74, 6) is 3.60. The quantitative estimate of drug-likeness (QED) is 0.327. The fraction of sp³-hybridized carbons (Fsp3) is 0.222. The Morgan fingerprint density at radius 1 is 0.800 bits per heavy atom. The van der Waals surface area contributed by atoms with Crippen LogP contribution in [0.25, 0.3) is 27.9 Å². The second-order valence-corrected chi connectivity index (χ2v) is 8.17. The van der Waals surface area contributed by atoms with Gasteiger partial charge in [-0.2, -0.15) is 0 Å². The fourth-order valence-electron chi connectivity index (χ4n) is 4.26. The van der Waals surface area contributed by atoms with Crippen molar-refractivity contribution in [3.05, 3.63) is 72.3 Å². The van der Waals surface area contributed by atoms with Gasteiger partial charge in [0, 0.05) is 19.0 Å². The maximum Gasteiger partial charge on any atom is 0.213 e. The minimum Gasteiger partial charge on any atom is -0.496 e. The Labute approximate surface area is 203 Å². The molecule has 0 radical (unpaired) electrons. The van der Waals surface area contributed by atoms with E-state index in [2.05, 4.69) is 21.2 Å². The Balaban J connectivity index is 1.58. The molecule has 0 N–H and O–H groups in total. The van der Waals surface area contributed by atoms with Crippen molar-refractivity contribution in [1.29, 1.82) is 0 Å². The number of nitrogens with zero attached hydrogens (tertiary/aromatic N) is 5. The predicted octanol–water partition coefficient (Wildman–Crippen LogP) is 4.65. The molecule has 2 heterocycles. The SMILES string of the molecule is COc1ccc(CCN(C)c2nc3ccccc3c3nnc(-c4ccccc4OC)n23)cc1OC. The summed E-state index contributed by atoms with van der Waals surface area (Å²) in [7, 11) is 6.98. The molecule has 0 fully saturated rings. The number of methoxy groups -OCH3 is 3. The molecule has 8 heteroatoms. The fourth-order valence-corrected chi connectivity index (χ4v) is 4.26. The molecule has 0 spiro atoms. The lowest BCUT2D eigenvalue weighted by Crippen LogP contribution is -2.24. The van der Waals surface area contributed by atoms with Crippen molar-refractivity contribution in [3.8, 4) is 28.6 Å². The van der Waals surface area contributed by atoms with Gasteiger partial charge in [0.15, 0.2) is 23.0 Å². The number of aromatic nitrogens is 4. The van der Waals surface area contributed by atoms with E-state index in [1.54, 1.807) is 21.3 Å². The van der Waals surface area contributed by atoms with Crippen LogP contribution in [0.2, 0.25) is 0 Å². The van der Waals surface area contributed by atoms with Crippen LogP contribution in [0.4, 0.5) is 5.95 Å². The molecule has 3 aromatic carbocycles. The molecule has 2 aromatic heterocycles. The van der Waals surface area contributed by atoms with Crippen molar-refractivity contribution >= 4 is 22.5 Å². The van der Waals surface area contributed by atoms with Gasteiger partial charge in [-0.15, -0.1) is 10.2 Å². The number of anilines is 1. The zero-order valence-corrected chi connectivity index (χ0v) is 20.2. The standard InChI is InChI=1S/C27H27N5O3/c1-31(16-15-18-13-14-23(34-3)24(17-18)35-4)27-28-21-11-7-5-9-19(21)25-29-30-26(32(25)27)20-10-6-8-12-22(20)33-2/h5-14,17H,15-16H2,1-4H3. The summed E-state index contributed by atoms with van der Waals surface area (Å²) >= 11 is 0. The highest BCUT2D eigenvalue weighted by Gasteiger charge is 2.20. The largest absolute Gasteiger partial charge is 0.496 e. The number of hydrogen-bond acceptors (Lipinski definition) is 7. The van der Waals surface area contributed by atoms with Gasteiger partial charge in [0.05, 0.1) is 32.4 Å². The van der Waals surface area contributed by atoms with Crippen LogP contribution >= 0.6 is 0 Å². The van der Waals surface area contributed by atoms with Gasteiger partial charge in [-0.05, 0) is 48.4 Å². The molecule has 0 aliphatic rings. The number of ether oxygens (including phenoxy) is 3. The molecule has 0 atom stereocenters. The Hall–Kier alpha value is -4.33. The predicted molar refractivity (Wildman–Crippen MR) is 137 cm³/mol. The van der Waals surface area contributed by atoms with E-state index in [1.807, 2.05) is 72.1 Å². The topological polar surface area (TPSA) is 74.0 Å². The lowest BCUT2D eigenvalue weighted by Gasteiger charge is -2.21. The van der Waals surface area contributed by atoms with E-state index in [-0.39, 0.29) is 0 Å². The van der Waals surface area contributed by atoms with Gasteiger partial charge >= 0.3 is 0 Å². The molecule has 0 bridgehead atoms. The summed E-state index contributed by atoms with van der Waals surface area (Å²) in [5.41, 5.74) is 3.62. The van der Waals surface area contributed by atoms with Crippen LogP contribution in [-0.4, -0.2) is 54.5 Å². The molecular weight excluding hydrogens is 442 g/mol. The van der Waals surface area contributed by atoms with Gasteiger partial charge in [-0.3, -0.25) is 0 Å². The molecule has 0 amide bonds. The van der Waals surface area contributed by atoms with Crippen LogP contribution < -0.4 is 19.1 Å². The van der Waals surface area contributed by atoms with Gasteiger partial charge < -0.3 is 19.1 Å². The minimum absolute atomic E-state index is 0.684. The molecule has 8 nitrogen and oxygen atoms in total. The molecule has 0 aliphatic carbocycles. The van der Waals surface area contributed by atoms with E-state index >= 15 is 0 Å². The molecule has 0 saturated heterocycles. The summed E-state index contributed by atoms with van der Waals surface area (Å²) in [6.45, 7) is 0.722. The third-order valence-electron chi connectivity index (χ3n) is 6.10. The van der Waals surface area contributed by atoms with Crippen LogP contribution in [0.1, 0.15) is 5.56 Å². The molecule has 0 saturated carbocycles. The third-order valence-corrected chi connectivity index (χ3v) is 6.10. The highest BCUT2D eigenvalue weighted by atomic mass is 16.5. The van der Waals surface area contributed by atoms with Crippen molar-refractivity contribution in [2.24, 2.45) is 0 Å². The first-order chi connectivity index (χ1) is 17.1. The van der Waals surface area contributed by atoms with E-state index in [0.717, 1.165) is 58.1 Å². The van der Waals surface area contributed by atoms with E-state index in [0.29, 0.717) is 11.6 Å². The van der Waals surface area contributed by atoms with E-state index in [1.165, 1.54) is 0 Å². The third kappa shape index (κ3) is 4.07. The number of rotatable bonds is 8. The van der Waals surface area contributed by atoms with Gasteiger partial charge in [-0.25, -0.2) is 9.38 Å². The zero-order chi connectivity index (χ0) is 24.4. The molecular formula is C27H27N5O3. The highest BCUT2D eigenvalue weighted by molar-refractivity contribution is 5.93. The summed E-state index contributed by atoms with van der Waals surface area (Å²) in [6.07, 6.45) is 0.791. The lowest BCUT2D eigenvalue weighted by molar-refractivity contribution is 0.354. The molecule has 0 aliphatic heterocycles. The van der Waals surface area contributed by atoms with Crippen LogP contribution in [-0.2, 0) is 6.42 Å². The smallest absolute Gasteiger partial charge is 0.213 e. The number of hydrogen-bond donors (Lipinski definition) is 0. The van der Waals surface area contributed by atoms with Gasteiger partial charge in [0.25, 0.3) is 0 Å². The van der Waals surface area contributed by atoms with Crippen molar-refractivity contribution in [3.63, 3.8) is 0 Å². The molecule has 5 aromatic rings. The molecule has 35 heavy (non-hydrogen) atoms. The normalized spacial score (nSPS) is 11.1. The van der Waals surface area contributed by atoms with Crippen LogP contribution in [0.3, 0.4) is 0 Å². The zero-order valence-electron chi connectivity index (χ0n) is 20.2. The maximum atomic E-state index is 5.61. The number of fused-ring (bicyclic) bond motifs is 3. The summed E-state index contributed by atoms with van der Waals surface area (Å²) in [5, 5.41) is 10.1. The van der Waals surface area contributed by atoms with Crippen LogP contribution in [0, 0.1) is 0 Å². The Bertz CT molecular complexity index is 1500. The lowest BCUT2D eigenvalue weighted by atomic mass is 10.1. The Kier molecular flexibility index (Phi) is 6.10. The number of benzene rings is 3. The van der Waals surface area contributed by atoms with Crippen molar-refractivity contribution in [1.82, 2.24) is 19.6 Å². The van der Waals surface area contributed by atoms with Gasteiger partial charge in [-0.1, -0.05) is 30.3 Å². The van der Waals surface area contributed by atoms with Crippen LogP contribution in [0.5, 0.6) is 17.2 Å². The second-order valence-electron chi connectivity index (χ2n) is 8.17. The number of para-hydroxylation sites is 2. The van der Waals surface area contributed by atoms with E-state index < -0.39 is 0 Å². The second kappa shape index (κ2) is 9.50. The van der Waals surface area contributed by atoms with Gasteiger partial charge in [0.2, 0.25) is 5.95 Å². The summed E-state index contributed by atoms with van der Waals surface area (Å²) < 4.78 is 18.5. The van der Waals surface area contributed by atoms with Crippen molar-refractivity contribution in [2.45, 2.75) is 6.42 Å². The van der Waals surface area contributed by atoms with Crippen molar-refractivity contribution in [2.75, 3.05) is 39.8 Å². The molecule has 178 valence electrons. The average Bonchev–Trinajstić information content (AvgIpc) is 3.36. The molecule has 5 rings (SSSR count). The summed E-state index contributed by atoms with van der Waals surface area (Å²) in [6, 6.07) is 21.8. The monoisotopic (exact) mass is 469 g/mol. The van der Waals surface area contributed by atoms with Gasteiger partial charge in [0.1, 0.15) is 5.75 Å². The minimum atomic E-state index is 0.684. The highest BCUT2D eigenvalue weighted by Crippen LogP contribution is 2.33. The van der Waals surface area contributed by atoms with E-state index in [4.69, 9.17) is 19.2 Å². The maximum absolute atomic E-state index is 5.61. The first kappa shape index (κ1) is 22.5. The van der Waals surface area contributed by atoms with E-state index in [9.17, 15) is 0 Å². The van der Waals surface area contributed by atoms with Crippen LogP contribution in [0.15, 0.2) is 66.7 Å².